The molecule has 0 saturated carbocycles. The molecule has 2 rings (SSSR count). The molecule has 18 heavy (non-hydrogen) atoms. The minimum Gasteiger partial charge on any atom is -0.447 e. The van der Waals surface area contributed by atoms with E-state index in [0.717, 1.165) is 19.4 Å². The molecule has 1 aliphatic rings. The van der Waals surface area contributed by atoms with E-state index in [0.29, 0.717) is 12.5 Å². The quantitative estimate of drug-likeness (QED) is 0.800. The molecule has 3 nitrogen and oxygen atoms in total. The number of hydrogen-bond acceptors (Lipinski definition) is 2. The Labute approximate surface area is 109 Å². The van der Waals surface area contributed by atoms with Gasteiger partial charge in [0.15, 0.2) is 0 Å². The molecule has 1 atom stereocenters. The first-order chi connectivity index (χ1) is 8.66. The van der Waals surface area contributed by atoms with Crippen molar-refractivity contribution >= 4 is 6.09 Å². The molecule has 3 heteroatoms. The topological polar surface area (TPSA) is 29.5 Å². The Kier molecular flexibility index (Phi) is 4.24. The SMILES string of the molecule is CC(C)CN1C(=O)OC[C@H]1CCc1ccccc1. The average molecular weight is 247 g/mol. The second-order valence-corrected chi connectivity index (χ2v) is 5.30. The summed E-state index contributed by atoms with van der Waals surface area (Å²) in [6, 6.07) is 10.6. The summed E-state index contributed by atoms with van der Waals surface area (Å²) in [5, 5.41) is 0. The van der Waals surface area contributed by atoms with Crippen molar-refractivity contribution in [3.05, 3.63) is 35.9 Å². The minimum absolute atomic E-state index is 0.151. The van der Waals surface area contributed by atoms with Gasteiger partial charge in [-0.05, 0) is 24.3 Å². The van der Waals surface area contributed by atoms with Crippen LogP contribution in [0.4, 0.5) is 4.79 Å². The van der Waals surface area contributed by atoms with Crippen molar-refractivity contribution in [2.75, 3.05) is 13.2 Å². The Balaban J connectivity index is 1.90. The largest absolute Gasteiger partial charge is 0.447 e. The number of nitrogens with zero attached hydrogens (tertiary/aromatic N) is 1. The lowest BCUT2D eigenvalue weighted by Crippen LogP contribution is -2.36. The molecular weight excluding hydrogens is 226 g/mol. The van der Waals surface area contributed by atoms with Crippen LogP contribution in [0.2, 0.25) is 0 Å². The van der Waals surface area contributed by atoms with Gasteiger partial charge < -0.3 is 9.64 Å². The fourth-order valence-electron chi connectivity index (χ4n) is 2.32. The van der Waals surface area contributed by atoms with Gasteiger partial charge in [-0.2, -0.15) is 0 Å². The molecule has 1 fully saturated rings. The van der Waals surface area contributed by atoms with Crippen LogP contribution in [0.5, 0.6) is 0 Å². The van der Waals surface area contributed by atoms with Crippen LogP contribution in [0.3, 0.4) is 0 Å². The maximum Gasteiger partial charge on any atom is 0.410 e. The van der Waals surface area contributed by atoms with E-state index >= 15 is 0 Å². The van der Waals surface area contributed by atoms with Gasteiger partial charge in [0.05, 0.1) is 6.04 Å². The predicted molar refractivity (Wildman–Crippen MR) is 71.4 cm³/mol. The molecule has 1 saturated heterocycles. The molecule has 0 aliphatic carbocycles. The first kappa shape index (κ1) is 12.9. The highest BCUT2D eigenvalue weighted by Gasteiger charge is 2.32. The molecule has 1 aromatic carbocycles. The fourth-order valence-corrected chi connectivity index (χ4v) is 2.32. The summed E-state index contributed by atoms with van der Waals surface area (Å²) in [6.45, 7) is 5.58. The van der Waals surface area contributed by atoms with E-state index in [-0.39, 0.29) is 12.1 Å². The highest BCUT2D eigenvalue weighted by Crippen LogP contribution is 2.19. The molecule has 98 valence electrons. The van der Waals surface area contributed by atoms with Crippen LogP contribution in [0.15, 0.2) is 30.3 Å². The maximum atomic E-state index is 11.6. The third kappa shape index (κ3) is 3.25. The number of carbonyl (C=O) groups excluding carboxylic acids is 1. The summed E-state index contributed by atoms with van der Waals surface area (Å²) in [7, 11) is 0. The second kappa shape index (κ2) is 5.89. The van der Waals surface area contributed by atoms with E-state index in [1.165, 1.54) is 5.56 Å². The molecular formula is C15H21NO2. The van der Waals surface area contributed by atoms with Gasteiger partial charge in [0, 0.05) is 6.54 Å². The second-order valence-electron chi connectivity index (χ2n) is 5.30. The van der Waals surface area contributed by atoms with Gasteiger partial charge in [-0.15, -0.1) is 0 Å². The lowest BCUT2D eigenvalue weighted by molar-refractivity contribution is 0.154. The molecule has 1 aromatic rings. The van der Waals surface area contributed by atoms with Crippen molar-refractivity contribution in [2.45, 2.75) is 32.7 Å². The van der Waals surface area contributed by atoms with E-state index in [1.54, 1.807) is 0 Å². The van der Waals surface area contributed by atoms with Crippen molar-refractivity contribution in [1.82, 2.24) is 4.90 Å². The Morgan fingerprint density at radius 2 is 2.06 bits per heavy atom. The summed E-state index contributed by atoms with van der Waals surface area (Å²) in [5.41, 5.74) is 1.32. The number of cyclic esters (lactones) is 1. The van der Waals surface area contributed by atoms with Crippen LogP contribution in [-0.2, 0) is 11.2 Å². The van der Waals surface area contributed by atoms with Crippen molar-refractivity contribution < 1.29 is 9.53 Å². The van der Waals surface area contributed by atoms with Crippen LogP contribution < -0.4 is 0 Å². The third-order valence-electron chi connectivity index (χ3n) is 3.25. The van der Waals surface area contributed by atoms with Crippen LogP contribution in [0.25, 0.3) is 0 Å². The summed E-state index contributed by atoms with van der Waals surface area (Å²) in [5.74, 6) is 0.481. The number of ether oxygens (including phenoxy) is 1. The normalized spacial score (nSPS) is 19.4. The molecule has 0 aromatic heterocycles. The molecule has 0 spiro atoms. The molecule has 0 N–H and O–H groups in total. The fraction of sp³-hybridized carbons (Fsp3) is 0.533. The van der Waals surface area contributed by atoms with E-state index in [4.69, 9.17) is 4.74 Å². The predicted octanol–water partition coefficient (Wildman–Crippen LogP) is 3.10. The minimum atomic E-state index is -0.151. The van der Waals surface area contributed by atoms with E-state index in [9.17, 15) is 4.79 Å². The van der Waals surface area contributed by atoms with Crippen molar-refractivity contribution in [2.24, 2.45) is 5.92 Å². The highest BCUT2D eigenvalue weighted by atomic mass is 16.6. The number of aryl methyl sites for hydroxylation is 1. The van der Waals surface area contributed by atoms with E-state index in [2.05, 4.69) is 38.1 Å². The number of benzene rings is 1. The number of amides is 1. The van der Waals surface area contributed by atoms with Gasteiger partial charge in [0.25, 0.3) is 0 Å². The van der Waals surface area contributed by atoms with Gasteiger partial charge in [0.1, 0.15) is 6.61 Å². The lowest BCUT2D eigenvalue weighted by Gasteiger charge is -2.23. The molecule has 1 heterocycles. The van der Waals surface area contributed by atoms with E-state index < -0.39 is 0 Å². The van der Waals surface area contributed by atoms with Crippen LogP contribution in [0, 0.1) is 5.92 Å². The van der Waals surface area contributed by atoms with Gasteiger partial charge >= 0.3 is 6.09 Å². The maximum absolute atomic E-state index is 11.6. The summed E-state index contributed by atoms with van der Waals surface area (Å²) in [6.07, 6.45) is 1.82. The number of rotatable bonds is 5. The van der Waals surface area contributed by atoms with Gasteiger partial charge in [-0.1, -0.05) is 44.2 Å². The third-order valence-corrected chi connectivity index (χ3v) is 3.25. The molecule has 1 amide bonds. The van der Waals surface area contributed by atoms with Crippen molar-refractivity contribution in [3.8, 4) is 0 Å². The molecule has 0 bridgehead atoms. The van der Waals surface area contributed by atoms with Gasteiger partial charge in [0.2, 0.25) is 0 Å². The average Bonchev–Trinajstić information content (AvgIpc) is 2.69. The Morgan fingerprint density at radius 3 is 2.72 bits per heavy atom. The smallest absolute Gasteiger partial charge is 0.410 e. The molecule has 0 radical (unpaired) electrons. The number of hydrogen-bond donors (Lipinski definition) is 0. The first-order valence-corrected chi connectivity index (χ1v) is 6.64. The Morgan fingerprint density at radius 1 is 1.33 bits per heavy atom. The van der Waals surface area contributed by atoms with Crippen LogP contribution >= 0.6 is 0 Å². The molecule has 1 aliphatic heterocycles. The number of carbonyl (C=O) groups is 1. The zero-order valence-corrected chi connectivity index (χ0v) is 11.1. The van der Waals surface area contributed by atoms with Crippen molar-refractivity contribution in [1.29, 1.82) is 0 Å². The van der Waals surface area contributed by atoms with Gasteiger partial charge in [-0.3, -0.25) is 0 Å². The summed E-state index contributed by atoms with van der Waals surface area (Å²) in [4.78, 5) is 13.5. The highest BCUT2D eigenvalue weighted by molar-refractivity contribution is 5.70. The summed E-state index contributed by atoms with van der Waals surface area (Å²) < 4.78 is 5.15. The van der Waals surface area contributed by atoms with Gasteiger partial charge in [-0.25, -0.2) is 4.79 Å². The first-order valence-electron chi connectivity index (χ1n) is 6.64. The van der Waals surface area contributed by atoms with Crippen LogP contribution in [-0.4, -0.2) is 30.2 Å². The monoisotopic (exact) mass is 247 g/mol. The van der Waals surface area contributed by atoms with Crippen molar-refractivity contribution in [3.63, 3.8) is 0 Å². The Bertz CT molecular complexity index is 389. The lowest BCUT2D eigenvalue weighted by atomic mass is 10.0. The Hall–Kier alpha value is -1.51. The van der Waals surface area contributed by atoms with Crippen LogP contribution in [0.1, 0.15) is 25.8 Å². The van der Waals surface area contributed by atoms with E-state index in [1.807, 2.05) is 11.0 Å². The standard InChI is InChI=1S/C15H21NO2/c1-12(2)10-16-14(11-18-15(16)17)9-8-13-6-4-3-5-7-13/h3-7,12,14H,8-11H2,1-2H3/t14-/m1/s1. The zero-order valence-electron chi connectivity index (χ0n) is 11.1. The zero-order chi connectivity index (χ0) is 13.0. The molecule has 0 unspecified atom stereocenters. The summed E-state index contributed by atoms with van der Waals surface area (Å²) >= 11 is 0.